The lowest BCUT2D eigenvalue weighted by molar-refractivity contribution is -0.147. The number of aromatic nitrogens is 2. The molecule has 2 aromatic rings. The number of likely N-dealkylation sites (tertiary alicyclic amines) is 2. The van der Waals surface area contributed by atoms with E-state index >= 15 is 0 Å². The number of hydrogen-bond acceptors (Lipinski definition) is 4. The molecule has 0 saturated carbocycles. The number of furan rings is 1. The first-order valence-corrected chi connectivity index (χ1v) is 8.32. The Kier molecular flexibility index (Phi) is 3.63. The standard InChI is InChI=1S/C17H20N4O3/c22-15(14-3-12-24-13-14)19-10-4-17(5-11-19,21-9-1-6-18-21)16(23)20-7-2-8-20/h1,3,6,9,12-13H,2,4-5,7-8,10-11H2. The first kappa shape index (κ1) is 15.0. The van der Waals surface area contributed by atoms with Crippen LogP contribution >= 0.6 is 0 Å². The van der Waals surface area contributed by atoms with Crippen molar-refractivity contribution in [2.75, 3.05) is 26.2 Å². The Balaban J connectivity index is 1.55. The van der Waals surface area contributed by atoms with Gasteiger partial charge in [0.2, 0.25) is 0 Å². The van der Waals surface area contributed by atoms with E-state index in [0.717, 1.165) is 19.5 Å². The van der Waals surface area contributed by atoms with E-state index in [2.05, 4.69) is 5.10 Å². The summed E-state index contributed by atoms with van der Waals surface area (Å²) in [5, 5.41) is 4.34. The fourth-order valence-corrected chi connectivity index (χ4v) is 3.53. The quantitative estimate of drug-likeness (QED) is 0.852. The summed E-state index contributed by atoms with van der Waals surface area (Å²) in [6.07, 6.45) is 8.73. The van der Waals surface area contributed by atoms with Crippen molar-refractivity contribution in [3.05, 3.63) is 42.6 Å². The number of amides is 2. The second kappa shape index (κ2) is 5.81. The van der Waals surface area contributed by atoms with Crippen molar-refractivity contribution in [2.24, 2.45) is 0 Å². The molecule has 2 amide bonds. The monoisotopic (exact) mass is 328 g/mol. The van der Waals surface area contributed by atoms with Crippen LogP contribution in [0.5, 0.6) is 0 Å². The van der Waals surface area contributed by atoms with E-state index in [4.69, 9.17) is 4.42 Å². The summed E-state index contributed by atoms with van der Waals surface area (Å²) >= 11 is 0. The van der Waals surface area contributed by atoms with Gasteiger partial charge in [-0.25, -0.2) is 0 Å². The molecule has 4 rings (SSSR count). The molecule has 2 fully saturated rings. The van der Waals surface area contributed by atoms with E-state index in [-0.39, 0.29) is 11.8 Å². The van der Waals surface area contributed by atoms with Crippen LogP contribution < -0.4 is 0 Å². The van der Waals surface area contributed by atoms with Crippen molar-refractivity contribution in [3.63, 3.8) is 0 Å². The molecule has 4 heterocycles. The van der Waals surface area contributed by atoms with Gasteiger partial charge >= 0.3 is 0 Å². The number of rotatable bonds is 3. The fraction of sp³-hybridized carbons (Fsp3) is 0.471. The highest BCUT2D eigenvalue weighted by molar-refractivity contribution is 5.94. The molecule has 2 saturated heterocycles. The highest BCUT2D eigenvalue weighted by atomic mass is 16.3. The predicted molar refractivity (Wildman–Crippen MR) is 85.2 cm³/mol. The molecule has 7 heteroatoms. The molecule has 2 aliphatic rings. The van der Waals surface area contributed by atoms with Crippen molar-refractivity contribution in [1.29, 1.82) is 0 Å². The topological polar surface area (TPSA) is 71.6 Å². The summed E-state index contributed by atoms with van der Waals surface area (Å²) in [5.74, 6) is 0.0853. The van der Waals surface area contributed by atoms with E-state index in [1.54, 1.807) is 21.8 Å². The number of hydrogen-bond donors (Lipinski definition) is 0. The molecule has 2 aliphatic heterocycles. The average Bonchev–Trinajstić information content (AvgIpc) is 3.26. The summed E-state index contributed by atoms with van der Waals surface area (Å²) in [5.41, 5.74) is -0.118. The Morgan fingerprint density at radius 1 is 1.12 bits per heavy atom. The highest BCUT2D eigenvalue weighted by Crippen LogP contribution is 2.33. The molecular formula is C17H20N4O3. The molecule has 7 nitrogen and oxygen atoms in total. The summed E-state index contributed by atoms with van der Waals surface area (Å²) < 4.78 is 6.78. The van der Waals surface area contributed by atoms with E-state index in [9.17, 15) is 9.59 Å². The first-order valence-electron chi connectivity index (χ1n) is 8.32. The van der Waals surface area contributed by atoms with Crippen LogP contribution in [-0.4, -0.2) is 57.6 Å². The van der Waals surface area contributed by atoms with Gasteiger partial charge in [-0.2, -0.15) is 5.10 Å². The molecule has 0 spiro atoms. The van der Waals surface area contributed by atoms with Gasteiger partial charge in [0, 0.05) is 38.6 Å². The van der Waals surface area contributed by atoms with E-state index < -0.39 is 5.54 Å². The van der Waals surface area contributed by atoms with Gasteiger partial charge in [0.15, 0.2) is 0 Å². The van der Waals surface area contributed by atoms with Gasteiger partial charge in [-0.15, -0.1) is 0 Å². The van der Waals surface area contributed by atoms with Gasteiger partial charge < -0.3 is 14.2 Å². The van der Waals surface area contributed by atoms with Crippen molar-refractivity contribution < 1.29 is 14.0 Å². The van der Waals surface area contributed by atoms with E-state index in [1.165, 1.54) is 12.5 Å². The third-order valence-corrected chi connectivity index (χ3v) is 5.13. The van der Waals surface area contributed by atoms with Crippen molar-refractivity contribution in [2.45, 2.75) is 24.8 Å². The van der Waals surface area contributed by atoms with Crippen LogP contribution in [0.3, 0.4) is 0 Å². The van der Waals surface area contributed by atoms with Gasteiger partial charge in [0.1, 0.15) is 11.8 Å². The van der Waals surface area contributed by atoms with Crippen molar-refractivity contribution in [3.8, 4) is 0 Å². The zero-order valence-corrected chi connectivity index (χ0v) is 13.4. The summed E-state index contributed by atoms with van der Waals surface area (Å²) in [7, 11) is 0. The van der Waals surface area contributed by atoms with Crippen LogP contribution in [0.4, 0.5) is 0 Å². The third kappa shape index (κ3) is 2.31. The first-order chi connectivity index (χ1) is 11.7. The molecule has 0 unspecified atom stereocenters. The molecule has 0 atom stereocenters. The van der Waals surface area contributed by atoms with Gasteiger partial charge in [-0.05, 0) is 31.4 Å². The summed E-state index contributed by atoms with van der Waals surface area (Å²) in [6.45, 7) is 2.70. The predicted octanol–water partition coefficient (Wildman–Crippen LogP) is 1.34. The highest BCUT2D eigenvalue weighted by Gasteiger charge is 2.47. The molecule has 24 heavy (non-hydrogen) atoms. The zero-order chi connectivity index (χ0) is 16.6. The molecule has 0 N–H and O–H groups in total. The lowest BCUT2D eigenvalue weighted by Crippen LogP contribution is -2.59. The minimum atomic E-state index is -0.670. The second-order valence-corrected chi connectivity index (χ2v) is 6.43. The Morgan fingerprint density at radius 3 is 2.46 bits per heavy atom. The summed E-state index contributed by atoms with van der Waals surface area (Å²) in [4.78, 5) is 29.2. The molecule has 0 radical (unpaired) electrons. The van der Waals surface area contributed by atoms with Crippen molar-refractivity contribution >= 4 is 11.8 Å². The molecule has 0 aliphatic carbocycles. The third-order valence-electron chi connectivity index (χ3n) is 5.13. The maximum Gasteiger partial charge on any atom is 0.257 e. The molecule has 126 valence electrons. The number of carbonyl (C=O) groups excluding carboxylic acids is 2. The van der Waals surface area contributed by atoms with Gasteiger partial charge in [0.05, 0.1) is 11.8 Å². The number of piperidine rings is 1. The minimum Gasteiger partial charge on any atom is -0.472 e. The Morgan fingerprint density at radius 2 is 1.92 bits per heavy atom. The normalized spacial score (nSPS) is 19.8. The largest absolute Gasteiger partial charge is 0.472 e. The van der Waals surface area contributed by atoms with Crippen LogP contribution in [0.25, 0.3) is 0 Å². The number of nitrogens with zero attached hydrogens (tertiary/aromatic N) is 4. The maximum atomic E-state index is 13.1. The molecular weight excluding hydrogens is 308 g/mol. The van der Waals surface area contributed by atoms with Crippen LogP contribution in [0.15, 0.2) is 41.5 Å². The van der Waals surface area contributed by atoms with E-state index in [1.807, 2.05) is 17.2 Å². The Labute approximate surface area is 139 Å². The SMILES string of the molecule is O=C(c1ccoc1)N1CCC(C(=O)N2CCC2)(n2cccn2)CC1. The molecule has 0 bridgehead atoms. The summed E-state index contributed by atoms with van der Waals surface area (Å²) in [6, 6.07) is 3.51. The number of carbonyl (C=O) groups is 2. The maximum absolute atomic E-state index is 13.1. The zero-order valence-electron chi connectivity index (χ0n) is 13.4. The van der Waals surface area contributed by atoms with Crippen LogP contribution in [0.2, 0.25) is 0 Å². The van der Waals surface area contributed by atoms with Gasteiger partial charge in [-0.1, -0.05) is 0 Å². The fourth-order valence-electron chi connectivity index (χ4n) is 3.53. The van der Waals surface area contributed by atoms with Gasteiger partial charge in [-0.3, -0.25) is 14.3 Å². The molecule has 2 aromatic heterocycles. The van der Waals surface area contributed by atoms with Crippen LogP contribution in [-0.2, 0) is 10.3 Å². The second-order valence-electron chi connectivity index (χ2n) is 6.43. The minimum absolute atomic E-state index is 0.0470. The van der Waals surface area contributed by atoms with E-state index in [0.29, 0.717) is 31.5 Å². The van der Waals surface area contributed by atoms with Crippen LogP contribution in [0, 0.1) is 0 Å². The Hall–Kier alpha value is -2.57. The van der Waals surface area contributed by atoms with Crippen LogP contribution in [0.1, 0.15) is 29.6 Å². The average molecular weight is 328 g/mol. The Bertz CT molecular complexity index is 711. The van der Waals surface area contributed by atoms with Gasteiger partial charge in [0.25, 0.3) is 11.8 Å². The smallest absolute Gasteiger partial charge is 0.257 e. The lowest BCUT2D eigenvalue weighted by atomic mass is 9.85. The lowest BCUT2D eigenvalue weighted by Gasteiger charge is -2.45. The van der Waals surface area contributed by atoms with Crippen molar-refractivity contribution in [1.82, 2.24) is 19.6 Å². The molecule has 0 aromatic carbocycles.